The second-order valence-corrected chi connectivity index (χ2v) is 13.7. The van der Waals surface area contributed by atoms with Crippen molar-refractivity contribution >= 4 is 0 Å². The molecule has 3 heteroatoms. The van der Waals surface area contributed by atoms with Crippen molar-refractivity contribution in [1.82, 2.24) is 0 Å². The van der Waals surface area contributed by atoms with E-state index in [4.69, 9.17) is 9.47 Å². The highest BCUT2D eigenvalue weighted by Gasteiger charge is 2.24. The Balaban J connectivity index is 1.23. The van der Waals surface area contributed by atoms with E-state index >= 15 is 0 Å². The zero-order chi connectivity index (χ0) is 38.4. The van der Waals surface area contributed by atoms with Crippen LogP contribution in [0.1, 0.15) is 0 Å². The third kappa shape index (κ3) is 7.18. The Morgan fingerprint density at radius 1 is 0.246 bits per heavy atom. The molecule has 0 aromatic heterocycles. The molecule has 0 heterocycles. The first-order valence-electron chi connectivity index (χ1n) is 19.1. The van der Waals surface area contributed by atoms with Gasteiger partial charge in [0.15, 0.2) is 11.5 Å². The van der Waals surface area contributed by atoms with E-state index in [0.29, 0.717) is 17.2 Å². The number of rotatable bonds is 10. The highest BCUT2D eigenvalue weighted by molar-refractivity contribution is 5.99. The van der Waals surface area contributed by atoms with Crippen LogP contribution in [-0.2, 0) is 0 Å². The number of benzene rings is 9. The van der Waals surface area contributed by atoms with Crippen molar-refractivity contribution in [2.75, 3.05) is 0 Å². The Hall–Kier alpha value is -7.62. The van der Waals surface area contributed by atoms with E-state index in [1.54, 1.807) is 12.1 Å². The SMILES string of the molecule is Oc1cccc(Oc2ccc(-c3ccccc3)c(-c3ccccc3)c2-c2ccccc2)c1Oc1ccc(-c2ccccc2)c(-c2ccccc2)c1-c1ccccc1. The number of phenolic OH excluding ortho intramolecular Hbond substituents is 1. The van der Waals surface area contributed by atoms with E-state index in [0.717, 1.165) is 66.8 Å². The summed E-state index contributed by atoms with van der Waals surface area (Å²) in [6.45, 7) is 0. The Labute approximate surface area is 333 Å². The molecule has 9 rings (SSSR count). The molecule has 0 amide bonds. The van der Waals surface area contributed by atoms with Crippen LogP contribution in [0.2, 0.25) is 0 Å². The van der Waals surface area contributed by atoms with E-state index < -0.39 is 0 Å². The standard InChI is InChI=1S/C54H38O3/c55-46-32-19-33-49(56-47-36-34-44(38-20-7-1-8-21-38)50(40-24-11-3-12-25-40)52(47)42-28-15-5-16-29-42)54(46)57-48-37-35-45(39-22-9-2-10-23-39)51(41-26-13-4-14-27-41)53(48)43-30-17-6-18-31-43/h1-37,55H. The molecule has 0 aliphatic carbocycles. The minimum atomic E-state index is -0.0367. The zero-order valence-corrected chi connectivity index (χ0v) is 31.1. The van der Waals surface area contributed by atoms with Gasteiger partial charge in [-0.1, -0.05) is 200 Å². The molecule has 9 aromatic carbocycles. The molecule has 0 spiro atoms. The highest BCUT2D eigenvalue weighted by atomic mass is 16.5. The summed E-state index contributed by atoms with van der Waals surface area (Å²) in [6, 6.07) is 75.7. The molecular formula is C54H38O3. The Morgan fingerprint density at radius 3 is 0.965 bits per heavy atom. The van der Waals surface area contributed by atoms with Crippen LogP contribution in [0.3, 0.4) is 0 Å². The maximum atomic E-state index is 11.6. The fraction of sp³-hybridized carbons (Fsp3) is 0. The van der Waals surface area contributed by atoms with E-state index in [1.165, 1.54) is 0 Å². The molecule has 9 aromatic rings. The summed E-state index contributed by atoms with van der Waals surface area (Å²) < 4.78 is 13.9. The van der Waals surface area contributed by atoms with Crippen molar-refractivity contribution in [2.24, 2.45) is 0 Å². The first kappa shape index (κ1) is 35.1. The molecular weight excluding hydrogens is 697 g/mol. The first-order valence-corrected chi connectivity index (χ1v) is 19.1. The lowest BCUT2D eigenvalue weighted by atomic mass is 9.87. The molecule has 0 unspecified atom stereocenters. The number of para-hydroxylation sites is 1. The Kier molecular flexibility index (Phi) is 9.86. The normalized spacial score (nSPS) is 10.9. The molecule has 3 nitrogen and oxygen atoms in total. The van der Waals surface area contributed by atoms with Crippen LogP contribution in [0.15, 0.2) is 224 Å². The summed E-state index contributed by atoms with van der Waals surface area (Å²) in [5.41, 5.74) is 12.3. The Morgan fingerprint density at radius 2 is 0.579 bits per heavy atom. The summed E-state index contributed by atoms with van der Waals surface area (Å²) in [4.78, 5) is 0. The van der Waals surface area contributed by atoms with Gasteiger partial charge in [-0.25, -0.2) is 0 Å². The van der Waals surface area contributed by atoms with E-state index in [9.17, 15) is 5.11 Å². The summed E-state index contributed by atoms with van der Waals surface area (Å²) in [5.74, 6) is 1.77. The quantitative estimate of drug-likeness (QED) is 0.152. The predicted octanol–water partition coefficient (Wildman–Crippen LogP) is 15.0. The molecule has 0 aliphatic rings. The summed E-state index contributed by atoms with van der Waals surface area (Å²) >= 11 is 0. The second kappa shape index (κ2) is 16.0. The van der Waals surface area contributed by atoms with Gasteiger partial charge in [-0.3, -0.25) is 0 Å². The topological polar surface area (TPSA) is 38.7 Å². The number of hydrogen-bond donors (Lipinski definition) is 1. The number of aromatic hydroxyl groups is 1. The van der Waals surface area contributed by atoms with Crippen molar-refractivity contribution in [1.29, 1.82) is 0 Å². The Bertz CT molecular complexity index is 2750. The predicted molar refractivity (Wildman–Crippen MR) is 234 cm³/mol. The maximum Gasteiger partial charge on any atom is 0.211 e. The lowest BCUT2D eigenvalue weighted by Gasteiger charge is -2.23. The van der Waals surface area contributed by atoms with Crippen molar-refractivity contribution < 1.29 is 14.6 Å². The van der Waals surface area contributed by atoms with E-state index in [-0.39, 0.29) is 11.5 Å². The lowest BCUT2D eigenvalue weighted by Crippen LogP contribution is -1.98. The third-order valence-corrected chi connectivity index (χ3v) is 10.1. The molecule has 0 atom stereocenters. The molecule has 0 bridgehead atoms. The van der Waals surface area contributed by atoms with Gasteiger partial charge in [0.25, 0.3) is 0 Å². The van der Waals surface area contributed by atoms with E-state index in [1.807, 2.05) is 78.9 Å². The molecule has 0 radical (unpaired) electrons. The van der Waals surface area contributed by atoms with Crippen molar-refractivity contribution in [3.63, 3.8) is 0 Å². The van der Waals surface area contributed by atoms with Crippen molar-refractivity contribution in [2.45, 2.75) is 0 Å². The van der Waals surface area contributed by atoms with Crippen LogP contribution >= 0.6 is 0 Å². The zero-order valence-electron chi connectivity index (χ0n) is 31.1. The van der Waals surface area contributed by atoms with Crippen molar-refractivity contribution in [3.8, 4) is 95.5 Å². The van der Waals surface area contributed by atoms with Crippen LogP contribution in [0.25, 0.3) is 66.8 Å². The molecule has 0 fully saturated rings. The molecule has 0 saturated carbocycles. The maximum absolute atomic E-state index is 11.6. The summed E-state index contributed by atoms with van der Waals surface area (Å²) in [5, 5.41) is 11.6. The van der Waals surface area contributed by atoms with Crippen LogP contribution in [0.4, 0.5) is 0 Å². The molecule has 1 N–H and O–H groups in total. The molecule has 57 heavy (non-hydrogen) atoms. The summed E-state index contributed by atoms with van der Waals surface area (Å²) in [6.07, 6.45) is 0. The van der Waals surface area contributed by atoms with Gasteiger partial charge in [0.2, 0.25) is 5.75 Å². The van der Waals surface area contributed by atoms with Gasteiger partial charge < -0.3 is 14.6 Å². The molecule has 272 valence electrons. The largest absolute Gasteiger partial charge is 0.504 e. The van der Waals surface area contributed by atoms with Crippen molar-refractivity contribution in [3.05, 3.63) is 224 Å². The fourth-order valence-corrected chi connectivity index (χ4v) is 7.56. The van der Waals surface area contributed by atoms with Gasteiger partial charge >= 0.3 is 0 Å². The van der Waals surface area contributed by atoms with Crippen LogP contribution < -0.4 is 9.47 Å². The van der Waals surface area contributed by atoms with Crippen LogP contribution in [-0.4, -0.2) is 5.11 Å². The third-order valence-electron chi connectivity index (χ3n) is 10.1. The van der Waals surface area contributed by atoms with Crippen LogP contribution in [0.5, 0.6) is 28.7 Å². The number of phenols is 1. The highest BCUT2D eigenvalue weighted by Crippen LogP contribution is 2.51. The van der Waals surface area contributed by atoms with Gasteiger partial charge in [0, 0.05) is 22.3 Å². The average Bonchev–Trinajstić information content (AvgIpc) is 3.29. The monoisotopic (exact) mass is 734 g/mol. The molecule has 0 saturated heterocycles. The van der Waals surface area contributed by atoms with Gasteiger partial charge in [0.05, 0.1) is 0 Å². The summed E-state index contributed by atoms with van der Waals surface area (Å²) in [7, 11) is 0. The van der Waals surface area contributed by atoms with Gasteiger partial charge in [-0.05, 0) is 68.8 Å². The fourth-order valence-electron chi connectivity index (χ4n) is 7.56. The first-order chi connectivity index (χ1) is 28.2. The van der Waals surface area contributed by atoms with Gasteiger partial charge in [-0.2, -0.15) is 0 Å². The molecule has 0 aliphatic heterocycles. The van der Waals surface area contributed by atoms with E-state index in [2.05, 4.69) is 133 Å². The number of hydrogen-bond acceptors (Lipinski definition) is 3. The van der Waals surface area contributed by atoms with Gasteiger partial charge in [-0.15, -0.1) is 0 Å². The minimum absolute atomic E-state index is 0.0367. The van der Waals surface area contributed by atoms with Crippen LogP contribution in [0, 0.1) is 0 Å². The average molecular weight is 735 g/mol. The van der Waals surface area contributed by atoms with Gasteiger partial charge in [0.1, 0.15) is 11.5 Å². The second-order valence-electron chi connectivity index (χ2n) is 13.7. The lowest BCUT2D eigenvalue weighted by molar-refractivity contribution is 0.382. The number of ether oxygens (including phenoxy) is 2. The minimum Gasteiger partial charge on any atom is -0.504 e. The smallest absolute Gasteiger partial charge is 0.211 e.